The van der Waals surface area contributed by atoms with E-state index in [1.165, 1.54) is 5.56 Å². The first kappa shape index (κ1) is 18.9. The van der Waals surface area contributed by atoms with E-state index < -0.39 is 0 Å². The molecule has 0 spiro atoms. The first-order chi connectivity index (χ1) is 9.79. The van der Waals surface area contributed by atoms with Gasteiger partial charge >= 0.3 is 0 Å². The molecule has 1 atom stereocenters. The number of benzene rings is 1. The van der Waals surface area contributed by atoms with Crippen LogP contribution in [-0.4, -0.2) is 36.5 Å². The largest absolute Gasteiger partial charge is 0.327 e. The molecule has 124 valence electrons. The highest BCUT2D eigenvalue weighted by atomic mass is 35.5. The molecule has 1 aliphatic rings. The van der Waals surface area contributed by atoms with Crippen LogP contribution >= 0.6 is 12.4 Å². The number of piperidine rings is 1. The smallest absolute Gasteiger partial charge is 0.238 e. The number of aryl methyl sites for hydroxylation is 1. The molecule has 4 nitrogen and oxygen atoms in total. The van der Waals surface area contributed by atoms with Crippen molar-refractivity contribution in [3.63, 3.8) is 0 Å². The lowest BCUT2D eigenvalue weighted by Crippen LogP contribution is -2.53. The monoisotopic (exact) mass is 325 g/mol. The van der Waals surface area contributed by atoms with Gasteiger partial charge in [-0.25, -0.2) is 0 Å². The number of rotatable bonds is 3. The van der Waals surface area contributed by atoms with Gasteiger partial charge in [0.05, 0.1) is 6.54 Å². The number of likely N-dealkylation sites (tertiary alicyclic amines) is 1. The molecular weight excluding hydrogens is 298 g/mol. The second-order valence-electron chi connectivity index (χ2n) is 6.89. The Kier molecular flexibility index (Phi) is 6.41. The van der Waals surface area contributed by atoms with Crippen molar-refractivity contribution in [3.8, 4) is 0 Å². The SMILES string of the molecule is Cc1cccc(NC(=O)CN2CCC(N)C(C)(C)C2)c1C.Cl. The molecule has 1 fully saturated rings. The number of carbonyl (C=O) groups excluding carboxylic acids is 1. The van der Waals surface area contributed by atoms with Crippen molar-refractivity contribution in [1.29, 1.82) is 0 Å². The molecule has 22 heavy (non-hydrogen) atoms. The lowest BCUT2D eigenvalue weighted by Gasteiger charge is -2.42. The van der Waals surface area contributed by atoms with E-state index in [1.54, 1.807) is 0 Å². The van der Waals surface area contributed by atoms with Gasteiger partial charge in [-0.15, -0.1) is 12.4 Å². The molecule has 1 aromatic rings. The Labute approximate surface area is 139 Å². The number of nitrogens with zero attached hydrogens (tertiary/aromatic N) is 1. The summed E-state index contributed by atoms with van der Waals surface area (Å²) in [7, 11) is 0. The van der Waals surface area contributed by atoms with Gasteiger partial charge in [-0.1, -0.05) is 26.0 Å². The van der Waals surface area contributed by atoms with Gasteiger partial charge in [-0.05, 0) is 42.9 Å². The molecule has 0 aromatic heterocycles. The van der Waals surface area contributed by atoms with E-state index >= 15 is 0 Å². The van der Waals surface area contributed by atoms with E-state index in [0.717, 1.165) is 30.8 Å². The molecule has 1 amide bonds. The summed E-state index contributed by atoms with van der Waals surface area (Å²) in [6, 6.07) is 6.20. The van der Waals surface area contributed by atoms with Crippen molar-refractivity contribution in [2.75, 3.05) is 25.0 Å². The number of carbonyl (C=O) groups is 1. The van der Waals surface area contributed by atoms with Crippen LogP contribution in [0.4, 0.5) is 5.69 Å². The van der Waals surface area contributed by atoms with Gasteiger partial charge in [0.15, 0.2) is 0 Å². The molecule has 2 rings (SSSR count). The predicted octanol–water partition coefficient (Wildman–Crippen LogP) is 2.72. The van der Waals surface area contributed by atoms with Crippen molar-refractivity contribution >= 4 is 24.0 Å². The normalized spacial score (nSPS) is 21.0. The summed E-state index contributed by atoms with van der Waals surface area (Å²) in [6.45, 7) is 10.6. The minimum absolute atomic E-state index is 0. The lowest BCUT2D eigenvalue weighted by atomic mass is 9.80. The van der Waals surface area contributed by atoms with E-state index in [1.807, 2.05) is 19.1 Å². The van der Waals surface area contributed by atoms with Crippen LogP contribution in [0.3, 0.4) is 0 Å². The average Bonchev–Trinajstić information content (AvgIpc) is 2.39. The summed E-state index contributed by atoms with van der Waals surface area (Å²) in [5.41, 5.74) is 9.44. The highest BCUT2D eigenvalue weighted by molar-refractivity contribution is 5.93. The molecule has 0 radical (unpaired) electrons. The molecule has 3 N–H and O–H groups in total. The number of halogens is 1. The first-order valence-corrected chi connectivity index (χ1v) is 7.63. The Bertz CT molecular complexity index is 531. The summed E-state index contributed by atoms with van der Waals surface area (Å²) in [6.07, 6.45) is 0.948. The summed E-state index contributed by atoms with van der Waals surface area (Å²) in [5, 5.41) is 3.03. The highest BCUT2D eigenvalue weighted by Crippen LogP contribution is 2.27. The van der Waals surface area contributed by atoms with E-state index in [-0.39, 0.29) is 29.8 Å². The second-order valence-corrected chi connectivity index (χ2v) is 6.89. The molecule has 0 bridgehead atoms. The molecule has 1 heterocycles. The molecule has 0 aliphatic carbocycles. The fraction of sp³-hybridized carbons (Fsp3) is 0.588. The van der Waals surface area contributed by atoms with Crippen molar-refractivity contribution in [2.24, 2.45) is 11.1 Å². The van der Waals surface area contributed by atoms with Gasteiger partial charge in [0.1, 0.15) is 0 Å². The Morgan fingerprint density at radius 2 is 2.09 bits per heavy atom. The van der Waals surface area contributed by atoms with Gasteiger partial charge in [0.2, 0.25) is 5.91 Å². The topological polar surface area (TPSA) is 58.4 Å². The standard InChI is InChI=1S/C17H27N3O.ClH/c1-12-6-5-7-14(13(12)2)19-16(21)10-20-9-8-15(18)17(3,4)11-20;/h5-7,15H,8-11,18H2,1-4H3,(H,19,21);1H. The summed E-state index contributed by atoms with van der Waals surface area (Å²) in [5.74, 6) is 0.0509. The Balaban J connectivity index is 0.00000242. The van der Waals surface area contributed by atoms with Crippen LogP contribution in [0.5, 0.6) is 0 Å². The van der Waals surface area contributed by atoms with Gasteiger partial charge in [0.25, 0.3) is 0 Å². The van der Waals surface area contributed by atoms with Crippen LogP contribution in [0.1, 0.15) is 31.4 Å². The predicted molar refractivity (Wildman–Crippen MR) is 94.6 cm³/mol. The van der Waals surface area contributed by atoms with Gasteiger partial charge in [-0.3, -0.25) is 9.69 Å². The molecule has 1 aromatic carbocycles. The van der Waals surface area contributed by atoms with E-state index in [9.17, 15) is 4.79 Å². The Morgan fingerprint density at radius 1 is 1.41 bits per heavy atom. The van der Waals surface area contributed by atoms with Gasteiger partial charge < -0.3 is 11.1 Å². The van der Waals surface area contributed by atoms with Crippen molar-refractivity contribution < 1.29 is 4.79 Å². The third kappa shape index (κ3) is 4.45. The number of nitrogens with two attached hydrogens (primary N) is 1. The molecule has 5 heteroatoms. The van der Waals surface area contributed by atoms with Crippen LogP contribution in [0.2, 0.25) is 0 Å². The van der Waals surface area contributed by atoms with E-state index in [4.69, 9.17) is 5.73 Å². The van der Waals surface area contributed by atoms with Crippen LogP contribution in [0.15, 0.2) is 18.2 Å². The number of hydrogen-bond donors (Lipinski definition) is 2. The maximum Gasteiger partial charge on any atom is 0.238 e. The van der Waals surface area contributed by atoms with Crippen LogP contribution in [0, 0.1) is 19.3 Å². The minimum Gasteiger partial charge on any atom is -0.327 e. The number of anilines is 1. The molecule has 1 aliphatic heterocycles. The van der Waals surface area contributed by atoms with Crippen molar-refractivity contribution in [3.05, 3.63) is 29.3 Å². The van der Waals surface area contributed by atoms with Crippen LogP contribution in [0.25, 0.3) is 0 Å². The van der Waals surface area contributed by atoms with E-state index in [0.29, 0.717) is 6.54 Å². The van der Waals surface area contributed by atoms with Crippen LogP contribution < -0.4 is 11.1 Å². The minimum atomic E-state index is 0. The Morgan fingerprint density at radius 3 is 2.73 bits per heavy atom. The maximum absolute atomic E-state index is 12.3. The van der Waals surface area contributed by atoms with Gasteiger partial charge in [0, 0.05) is 24.8 Å². The van der Waals surface area contributed by atoms with Crippen molar-refractivity contribution in [1.82, 2.24) is 4.90 Å². The molecule has 1 unspecified atom stereocenters. The number of hydrogen-bond acceptors (Lipinski definition) is 3. The summed E-state index contributed by atoms with van der Waals surface area (Å²) in [4.78, 5) is 14.5. The third-order valence-corrected chi connectivity index (χ3v) is 4.64. The highest BCUT2D eigenvalue weighted by Gasteiger charge is 2.33. The zero-order chi connectivity index (χ0) is 15.6. The van der Waals surface area contributed by atoms with E-state index in [2.05, 4.69) is 37.1 Å². The molecular formula is C17H28ClN3O. The fourth-order valence-electron chi connectivity index (χ4n) is 2.90. The van der Waals surface area contributed by atoms with Crippen molar-refractivity contribution in [2.45, 2.75) is 40.2 Å². The molecule has 1 saturated heterocycles. The molecule has 0 saturated carbocycles. The summed E-state index contributed by atoms with van der Waals surface area (Å²) < 4.78 is 0. The lowest BCUT2D eigenvalue weighted by molar-refractivity contribution is -0.118. The summed E-state index contributed by atoms with van der Waals surface area (Å²) >= 11 is 0. The second kappa shape index (κ2) is 7.44. The Hall–Kier alpha value is -1.10. The first-order valence-electron chi connectivity index (χ1n) is 7.63. The fourth-order valence-corrected chi connectivity index (χ4v) is 2.90. The van der Waals surface area contributed by atoms with Gasteiger partial charge in [-0.2, -0.15) is 0 Å². The number of nitrogens with one attached hydrogen (secondary N) is 1. The quantitative estimate of drug-likeness (QED) is 0.898. The number of amides is 1. The third-order valence-electron chi connectivity index (χ3n) is 4.64. The zero-order valence-electron chi connectivity index (χ0n) is 14.0. The van der Waals surface area contributed by atoms with Crippen LogP contribution in [-0.2, 0) is 4.79 Å². The maximum atomic E-state index is 12.3. The average molecular weight is 326 g/mol. The zero-order valence-corrected chi connectivity index (χ0v) is 14.8.